The summed E-state index contributed by atoms with van der Waals surface area (Å²) in [4.78, 5) is 10.2. The zero-order chi connectivity index (χ0) is 11.0. The van der Waals surface area contributed by atoms with E-state index in [9.17, 15) is 18.0 Å². The Balaban J connectivity index is 2.64. The molecule has 0 aliphatic heterocycles. The van der Waals surface area contributed by atoms with Gasteiger partial charge in [-0.3, -0.25) is 4.79 Å². The van der Waals surface area contributed by atoms with Crippen LogP contribution < -0.4 is 4.87 Å². The van der Waals surface area contributed by atoms with Crippen LogP contribution in [0, 0.1) is 17.5 Å². The zero-order valence-corrected chi connectivity index (χ0v) is 7.87. The highest BCUT2D eigenvalue weighted by Crippen LogP contribution is 2.25. The number of halogens is 3. The summed E-state index contributed by atoms with van der Waals surface area (Å²) in [5.74, 6) is -4.20. The van der Waals surface area contributed by atoms with Crippen molar-refractivity contribution in [1.82, 2.24) is 10.2 Å². The molecule has 0 spiro atoms. The van der Waals surface area contributed by atoms with Crippen molar-refractivity contribution in [3.05, 3.63) is 39.3 Å². The number of nitrogens with zero attached hydrogens (tertiary/aromatic N) is 1. The molecule has 0 unspecified atom stereocenters. The predicted octanol–water partition coefficient (Wildman–Crippen LogP) is 1.92. The van der Waals surface area contributed by atoms with Crippen LogP contribution in [-0.4, -0.2) is 10.2 Å². The summed E-state index contributed by atoms with van der Waals surface area (Å²) in [6, 6.07) is 1.81. The van der Waals surface area contributed by atoms with Gasteiger partial charge >= 0.3 is 4.87 Å². The molecule has 1 aromatic carbocycles. The van der Waals surface area contributed by atoms with Crippen LogP contribution in [-0.2, 0) is 0 Å². The Morgan fingerprint density at radius 3 is 2.53 bits per heavy atom. The van der Waals surface area contributed by atoms with Gasteiger partial charge in [0.2, 0.25) is 0 Å². The van der Waals surface area contributed by atoms with Crippen molar-refractivity contribution in [2.45, 2.75) is 0 Å². The first kappa shape index (κ1) is 9.91. The fourth-order valence-electron chi connectivity index (χ4n) is 1.04. The molecular formula is C8H3F3N2OS. The lowest BCUT2D eigenvalue weighted by atomic mass is 10.2. The summed E-state index contributed by atoms with van der Waals surface area (Å²) in [5.41, 5.74) is -0.239. The number of H-pyrrole nitrogens is 1. The van der Waals surface area contributed by atoms with Gasteiger partial charge in [-0.05, 0) is 12.1 Å². The summed E-state index contributed by atoms with van der Waals surface area (Å²) in [5, 5.41) is 5.51. The van der Waals surface area contributed by atoms with Crippen molar-refractivity contribution < 1.29 is 13.2 Å². The molecule has 2 aromatic rings. The van der Waals surface area contributed by atoms with Crippen molar-refractivity contribution in [3.63, 3.8) is 0 Å². The van der Waals surface area contributed by atoms with Crippen LogP contribution in [0.4, 0.5) is 13.2 Å². The van der Waals surface area contributed by atoms with E-state index in [1.807, 2.05) is 0 Å². The molecule has 0 radical (unpaired) electrons. The Morgan fingerprint density at radius 1 is 1.20 bits per heavy atom. The smallest absolute Gasteiger partial charge is 0.255 e. The van der Waals surface area contributed by atoms with Gasteiger partial charge < -0.3 is 0 Å². The normalized spacial score (nSPS) is 10.6. The van der Waals surface area contributed by atoms with Crippen LogP contribution in [0.25, 0.3) is 10.6 Å². The third kappa shape index (κ3) is 1.65. The molecule has 1 heterocycles. The molecule has 0 fully saturated rings. The van der Waals surface area contributed by atoms with Gasteiger partial charge in [-0.2, -0.15) is 5.10 Å². The first-order valence-corrected chi connectivity index (χ1v) is 4.60. The molecular weight excluding hydrogens is 229 g/mol. The lowest BCUT2D eigenvalue weighted by molar-refractivity contribution is 0.449. The standard InChI is InChI=1S/C8H3F3N2OS/c9-4-2-1-3(5(10)6(4)11)7-12-13-8(14)15-7/h1-2H,(H,13,14). The van der Waals surface area contributed by atoms with E-state index in [4.69, 9.17) is 0 Å². The second-order valence-corrected chi connectivity index (χ2v) is 3.60. The maximum Gasteiger partial charge on any atom is 0.322 e. The summed E-state index contributed by atoms with van der Waals surface area (Å²) >= 11 is 0.618. The van der Waals surface area contributed by atoms with E-state index in [1.165, 1.54) is 0 Å². The second kappa shape index (κ2) is 3.50. The lowest BCUT2D eigenvalue weighted by Gasteiger charge is -1.99. The minimum absolute atomic E-state index is 0.0172. The summed E-state index contributed by atoms with van der Waals surface area (Å²) in [6.45, 7) is 0. The number of hydrogen-bond donors (Lipinski definition) is 1. The number of benzene rings is 1. The van der Waals surface area contributed by atoms with Gasteiger partial charge in [0.25, 0.3) is 0 Å². The van der Waals surface area contributed by atoms with E-state index in [-0.39, 0.29) is 10.6 Å². The van der Waals surface area contributed by atoms with Gasteiger partial charge in [0.1, 0.15) is 0 Å². The molecule has 0 saturated heterocycles. The number of rotatable bonds is 1. The molecule has 0 atom stereocenters. The molecule has 1 aromatic heterocycles. The van der Waals surface area contributed by atoms with Crippen LogP contribution in [0.2, 0.25) is 0 Å². The van der Waals surface area contributed by atoms with Crippen molar-refractivity contribution >= 4 is 11.3 Å². The Bertz CT molecular complexity index is 563. The van der Waals surface area contributed by atoms with Gasteiger partial charge in [-0.15, -0.1) is 0 Å². The number of aromatic amines is 1. The molecule has 1 N–H and O–H groups in total. The third-order valence-corrected chi connectivity index (χ3v) is 2.48. The highest BCUT2D eigenvalue weighted by molar-refractivity contribution is 7.12. The first-order chi connectivity index (χ1) is 7.09. The van der Waals surface area contributed by atoms with Gasteiger partial charge in [-0.25, -0.2) is 18.3 Å². The van der Waals surface area contributed by atoms with E-state index in [0.29, 0.717) is 11.3 Å². The third-order valence-electron chi connectivity index (χ3n) is 1.70. The number of nitrogens with one attached hydrogen (secondary N) is 1. The number of aromatic nitrogens is 2. The van der Waals surface area contributed by atoms with E-state index in [2.05, 4.69) is 10.2 Å². The Labute approximate surface area is 85.2 Å². The Kier molecular flexibility index (Phi) is 2.31. The monoisotopic (exact) mass is 232 g/mol. The topological polar surface area (TPSA) is 45.8 Å². The van der Waals surface area contributed by atoms with E-state index < -0.39 is 22.3 Å². The van der Waals surface area contributed by atoms with Crippen molar-refractivity contribution in [2.75, 3.05) is 0 Å². The molecule has 15 heavy (non-hydrogen) atoms. The lowest BCUT2D eigenvalue weighted by Crippen LogP contribution is -1.93. The predicted molar refractivity (Wildman–Crippen MR) is 48.0 cm³/mol. The zero-order valence-electron chi connectivity index (χ0n) is 7.05. The second-order valence-electron chi connectivity index (χ2n) is 2.64. The van der Waals surface area contributed by atoms with Gasteiger partial charge in [-0.1, -0.05) is 11.3 Å². The van der Waals surface area contributed by atoms with E-state index in [0.717, 1.165) is 12.1 Å². The maximum absolute atomic E-state index is 13.2. The highest BCUT2D eigenvalue weighted by Gasteiger charge is 2.16. The molecule has 0 amide bonds. The van der Waals surface area contributed by atoms with Gasteiger partial charge in [0.05, 0.1) is 5.56 Å². The number of hydrogen-bond acceptors (Lipinski definition) is 3. The molecule has 3 nitrogen and oxygen atoms in total. The first-order valence-electron chi connectivity index (χ1n) is 3.79. The van der Waals surface area contributed by atoms with Crippen molar-refractivity contribution in [3.8, 4) is 10.6 Å². The largest absolute Gasteiger partial charge is 0.322 e. The van der Waals surface area contributed by atoms with Crippen molar-refractivity contribution in [1.29, 1.82) is 0 Å². The molecule has 7 heteroatoms. The average Bonchev–Trinajstić information content (AvgIpc) is 2.61. The molecule has 78 valence electrons. The maximum atomic E-state index is 13.2. The van der Waals surface area contributed by atoms with Gasteiger partial charge in [0.15, 0.2) is 22.5 Å². The van der Waals surface area contributed by atoms with Crippen LogP contribution in [0.5, 0.6) is 0 Å². The molecule has 0 saturated carbocycles. The minimum atomic E-state index is -1.57. The fraction of sp³-hybridized carbons (Fsp3) is 0. The quantitative estimate of drug-likeness (QED) is 0.763. The van der Waals surface area contributed by atoms with Crippen LogP contribution in [0.3, 0.4) is 0 Å². The molecule has 0 aliphatic carbocycles. The van der Waals surface area contributed by atoms with Crippen LogP contribution in [0.15, 0.2) is 16.9 Å². The van der Waals surface area contributed by atoms with Crippen molar-refractivity contribution in [2.24, 2.45) is 0 Å². The molecule has 2 rings (SSSR count). The minimum Gasteiger partial charge on any atom is -0.255 e. The molecule has 0 aliphatic rings. The van der Waals surface area contributed by atoms with Crippen LogP contribution >= 0.6 is 11.3 Å². The fourth-order valence-corrected chi connectivity index (χ4v) is 1.66. The average molecular weight is 232 g/mol. The Hall–Kier alpha value is -1.63. The van der Waals surface area contributed by atoms with E-state index in [1.54, 1.807) is 0 Å². The van der Waals surface area contributed by atoms with Crippen LogP contribution in [0.1, 0.15) is 0 Å². The van der Waals surface area contributed by atoms with Gasteiger partial charge in [0, 0.05) is 0 Å². The summed E-state index contributed by atoms with van der Waals surface area (Å²) < 4.78 is 38.6. The highest BCUT2D eigenvalue weighted by atomic mass is 32.1. The molecule has 0 bridgehead atoms. The Morgan fingerprint density at radius 2 is 1.93 bits per heavy atom. The SMILES string of the molecule is O=c1[nH]nc(-c2ccc(F)c(F)c2F)s1. The summed E-state index contributed by atoms with van der Waals surface area (Å²) in [7, 11) is 0. The summed E-state index contributed by atoms with van der Waals surface area (Å²) in [6.07, 6.45) is 0. The van der Waals surface area contributed by atoms with E-state index >= 15 is 0 Å².